The van der Waals surface area contributed by atoms with E-state index in [1.54, 1.807) is 6.08 Å². The van der Waals surface area contributed by atoms with E-state index < -0.39 is 10.0 Å². The van der Waals surface area contributed by atoms with Crippen molar-refractivity contribution in [3.05, 3.63) is 58.3 Å². The number of aromatic nitrogens is 1. The number of amides is 1. The lowest BCUT2D eigenvalue weighted by molar-refractivity contribution is -0.138. The molecule has 0 unspecified atom stereocenters. The minimum absolute atomic E-state index is 0.108. The Morgan fingerprint density at radius 1 is 1.06 bits per heavy atom. The summed E-state index contributed by atoms with van der Waals surface area (Å²) in [6.45, 7) is 8.44. The van der Waals surface area contributed by atoms with Crippen LogP contribution in [-0.2, 0) is 21.4 Å². The molecule has 1 amide bonds. The van der Waals surface area contributed by atoms with Crippen LogP contribution < -0.4 is 0 Å². The minimum atomic E-state index is -3.49. The molecule has 1 aromatic carbocycles. The van der Waals surface area contributed by atoms with Gasteiger partial charge in [-0.25, -0.2) is 8.42 Å². The molecule has 2 aliphatic heterocycles. The highest BCUT2D eigenvalue weighted by atomic mass is 32.2. The number of carbonyl (C=O) groups excluding carboxylic acids is 1. The number of piperidine rings is 1. The molecule has 4 rings (SSSR count). The van der Waals surface area contributed by atoms with Crippen LogP contribution in [0.1, 0.15) is 35.4 Å². The van der Waals surface area contributed by atoms with Crippen LogP contribution in [0.4, 0.5) is 0 Å². The van der Waals surface area contributed by atoms with Crippen LogP contribution in [0.2, 0.25) is 0 Å². The molecule has 0 N–H and O–H groups in total. The topological polar surface area (TPSA) is 87.0 Å². The SMILES string of the molecule is Cc1noc(C)c1CN1CCN(C(=O)C2CCN(S(=O)(=O)C=Cc3ccccc3)CC2)CC1. The van der Waals surface area contributed by atoms with Crippen LogP contribution in [0, 0.1) is 19.8 Å². The van der Waals surface area contributed by atoms with Gasteiger partial charge in [-0.2, -0.15) is 4.31 Å². The minimum Gasteiger partial charge on any atom is -0.361 e. The lowest BCUT2D eigenvalue weighted by atomic mass is 9.96. The predicted molar refractivity (Wildman–Crippen MR) is 127 cm³/mol. The maximum absolute atomic E-state index is 13.1. The Kier molecular flexibility index (Phi) is 7.31. The molecule has 0 saturated carbocycles. The fourth-order valence-corrected chi connectivity index (χ4v) is 5.73. The van der Waals surface area contributed by atoms with Gasteiger partial charge in [0, 0.05) is 62.7 Å². The summed E-state index contributed by atoms with van der Waals surface area (Å²) in [6, 6.07) is 9.38. The number of hydrogen-bond donors (Lipinski definition) is 0. The number of sulfonamides is 1. The highest BCUT2D eigenvalue weighted by molar-refractivity contribution is 7.92. The first-order chi connectivity index (χ1) is 15.8. The van der Waals surface area contributed by atoms with Crippen LogP contribution in [0.15, 0.2) is 40.3 Å². The molecule has 1 aromatic heterocycles. The summed E-state index contributed by atoms with van der Waals surface area (Å²) in [6.07, 6.45) is 2.75. The Labute approximate surface area is 195 Å². The summed E-state index contributed by atoms with van der Waals surface area (Å²) in [7, 11) is -3.49. The van der Waals surface area contributed by atoms with Gasteiger partial charge in [-0.1, -0.05) is 35.5 Å². The van der Waals surface area contributed by atoms with E-state index in [-0.39, 0.29) is 11.8 Å². The quantitative estimate of drug-likeness (QED) is 0.642. The second kappa shape index (κ2) is 10.2. The van der Waals surface area contributed by atoms with Gasteiger partial charge in [-0.3, -0.25) is 9.69 Å². The van der Waals surface area contributed by atoms with Crippen LogP contribution in [0.3, 0.4) is 0 Å². The zero-order chi connectivity index (χ0) is 23.4. The molecule has 33 heavy (non-hydrogen) atoms. The zero-order valence-corrected chi connectivity index (χ0v) is 20.1. The third kappa shape index (κ3) is 5.72. The third-order valence-electron chi connectivity index (χ3n) is 6.64. The third-order valence-corrected chi connectivity index (χ3v) is 8.21. The van der Waals surface area contributed by atoms with Gasteiger partial charge in [0.1, 0.15) is 5.76 Å². The molecule has 0 bridgehead atoms. The molecule has 2 aromatic rings. The fraction of sp³-hybridized carbons (Fsp3) is 0.500. The highest BCUT2D eigenvalue weighted by Gasteiger charge is 2.33. The Hall–Kier alpha value is -2.49. The Morgan fingerprint density at radius 3 is 2.33 bits per heavy atom. The standard InChI is InChI=1S/C24H32N4O4S/c1-19-23(20(2)32-25-19)18-26-13-15-27(16-14-26)24(29)22-8-11-28(12-9-22)33(30,31)17-10-21-6-4-3-5-7-21/h3-7,10,17,22H,8-9,11-16,18H2,1-2H3. The normalized spacial score (nSPS) is 19.4. The maximum Gasteiger partial charge on any atom is 0.236 e. The van der Waals surface area contributed by atoms with E-state index in [0.717, 1.165) is 42.2 Å². The molecule has 178 valence electrons. The molecule has 0 radical (unpaired) electrons. The first-order valence-corrected chi connectivity index (χ1v) is 13.0. The molecular weight excluding hydrogens is 440 g/mol. The number of aryl methyl sites for hydroxylation is 2. The largest absolute Gasteiger partial charge is 0.361 e. The molecule has 9 heteroatoms. The monoisotopic (exact) mass is 472 g/mol. The zero-order valence-electron chi connectivity index (χ0n) is 19.3. The number of piperazine rings is 1. The number of benzene rings is 1. The molecule has 0 spiro atoms. The van der Waals surface area contributed by atoms with Gasteiger partial charge >= 0.3 is 0 Å². The van der Waals surface area contributed by atoms with Gasteiger partial charge in [0.25, 0.3) is 0 Å². The van der Waals surface area contributed by atoms with Crippen molar-refractivity contribution in [1.82, 2.24) is 19.3 Å². The lowest BCUT2D eigenvalue weighted by Gasteiger charge is -2.38. The van der Waals surface area contributed by atoms with Gasteiger partial charge in [-0.05, 0) is 38.3 Å². The number of rotatable bonds is 6. The summed E-state index contributed by atoms with van der Waals surface area (Å²) in [5.41, 5.74) is 2.90. The van der Waals surface area contributed by atoms with Gasteiger partial charge in [0.05, 0.1) is 5.69 Å². The summed E-state index contributed by atoms with van der Waals surface area (Å²) >= 11 is 0. The number of hydrogen-bond acceptors (Lipinski definition) is 6. The summed E-state index contributed by atoms with van der Waals surface area (Å²) in [4.78, 5) is 17.3. The molecule has 0 atom stereocenters. The predicted octanol–water partition coefficient (Wildman–Crippen LogP) is 2.65. The summed E-state index contributed by atoms with van der Waals surface area (Å²) in [5.74, 6) is 0.902. The van der Waals surface area contributed by atoms with Crippen molar-refractivity contribution in [3.8, 4) is 0 Å². The molecule has 2 fully saturated rings. The molecule has 0 aliphatic carbocycles. The number of nitrogens with zero attached hydrogens (tertiary/aromatic N) is 4. The van der Waals surface area contributed by atoms with Crippen LogP contribution in [-0.4, -0.2) is 72.9 Å². The van der Waals surface area contributed by atoms with Gasteiger partial charge < -0.3 is 9.42 Å². The van der Waals surface area contributed by atoms with E-state index in [0.29, 0.717) is 39.0 Å². The summed E-state index contributed by atoms with van der Waals surface area (Å²) in [5, 5.41) is 5.29. The van der Waals surface area contributed by atoms with Crippen molar-refractivity contribution in [2.45, 2.75) is 33.2 Å². The maximum atomic E-state index is 13.1. The first kappa shape index (κ1) is 23.7. The van der Waals surface area contributed by atoms with Crippen molar-refractivity contribution in [1.29, 1.82) is 0 Å². The van der Waals surface area contributed by atoms with Crippen molar-refractivity contribution in [3.63, 3.8) is 0 Å². The van der Waals surface area contributed by atoms with Crippen molar-refractivity contribution in [2.24, 2.45) is 5.92 Å². The summed E-state index contributed by atoms with van der Waals surface area (Å²) < 4.78 is 32.1. The van der Waals surface area contributed by atoms with Crippen LogP contribution in [0.5, 0.6) is 0 Å². The van der Waals surface area contributed by atoms with E-state index in [1.807, 2.05) is 49.1 Å². The van der Waals surface area contributed by atoms with Gasteiger partial charge in [0.15, 0.2) is 0 Å². The van der Waals surface area contributed by atoms with E-state index in [2.05, 4.69) is 10.1 Å². The molecule has 2 saturated heterocycles. The van der Waals surface area contributed by atoms with E-state index in [4.69, 9.17) is 4.52 Å². The second-order valence-electron chi connectivity index (χ2n) is 8.84. The second-order valence-corrected chi connectivity index (χ2v) is 10.7. The first-order valence-electron chi connectivity index (χ1n) is 11.5. The van der Waals surface area contributed by atoms with Crippen molar-refractivity contribution >= 4 is 22.0 Å². The van der Waals surface area contributed by atoms with Crippen molar-refractivity contribution in [2.75, 3.05) is 39.3 Å². The lowest BCUT2D eigenvalue weighted by Crippen LogP contribution is -2.51. The fourth-order valence-electron chi connectivity index (χ4n) is 4.51. The van der Waals surface area contributed by atoms with E-state index in [1.165, 1.54) is 9.71 Å². The smallest absolute Gasteiger partial charge is 0.236 e. The molecule has 2 aliphatic rings. The molecule has 8 nitrogen and oxygen atoms in total. The van der Waals surface area contributed by atoms with Gasteiger partial charge in [0.2, 0.25) is 15.9 Å². The van der Waals surface area contributed by atoms with Gasteiger partial charge in [-0.15, -0.1) is 0 Å². The Morgan fingerprint density at radius 2 is 1.73 bits per heavy atom. The average molecular weight is 473 g/mol. The Bertz CT molecular complexity index is 1060. The number of carbonyl (C=O) groups is 1. The Balaban J connectivity index is 1.25. The molecular formula is C24H32N4O4S. The van der Waals surface area contributed by atoms with Crippen LogP contribution in [0.25, 0.3) is 6.08 Å². The van der Waals surface area contributed by atoms with Crippen LogP contribution >= 0.6 is 0 Å². The van der Waals surface area contributed by atoms with Crippen molar-refractivity contribution < 1.29 is 17.7 Å². The molecule has 3 heterocycles. The van der Waals surface area contributed by atoms with E-state index in [9.17, 15) is 13.2 Å². The van der Waals surface area contributed by atoms with E-state index >= 15 is 0 Å². The highest BCUT2D eigenvalue weighted by Crippen LogP contribution is 2.24. The average Bonchev–Trinajstić information content (AvgIpc) is 3.16.